The van der Waals surface area contributed by atoms with Crippen LogP contribution >= 0.6 is 34.2 Å². The van der Waals surface area contributed by atoms with Gasteiger partial charge in [-0.3, -0.25) is 4.90 Å². The highest BCUT2D eigenvalue weighted by atomic mass is 127. The quantitative estimate of drug-likeness (QED) is 0.386. The fraction of sp³-hybridized carbons (Fsp3) is 1.00. The summed E-state index contributed by atoms with van der Waals surface area (Å²) < 4.78 is 6.42. The van der Waals surface area contributed by atoms with Crippen molar-refractivity contribution in [3.8, 4) is 0 Å². The summed E-state index contributed by atoms with van der Waals surface area (Å²) >= 11 is 8.04. The van der Waals surface area contributed by atoms with E-state index >= 15 is 0 Å². The number of hydrogen-bond donors (Lipinski definition) is 0. The van der Waals surface area contributed by atoms with Gasteiger partial charge in [0.05, 0.1) is 6.61 Å². The minimum absolute atomic E-state index is 0.711. The van der Waals surface area contributed by atoms with E-state index in [2.05, 4.69) is 27.5 Å². The molecule has 0 amide bonds. The molecule has 0 rings (SSSR count). The lowest BCUT2D eigenvalue weighted by atomic mass is 10.5. The molecular formula is C8H17ClINO. The first kappa shape index (κ1) is 12.9. The zero-order chi connectivity index (χ0) is 9.23. The zero-order valence-electron chi connectivity index (χ0n) is 7.56. The van der Waals surface area contributed by atoms with E-state index in [4.69, 9.17) is 16.3 Å². The van der Waals surface area contributed by atoms with Crippen molar-refractivity contribution in [3.05, 3.63) is 0 Å². The Morgan fingerprint density at radius 1 is 1.33 bits per heavy atom. The summed E-state index contributed by atoms with van der Waals surface area (Å²) in [6, 6.07) is 0. The fourth-order valence-corrected chi connectivity index (χ4v) is 1.83. The minimum atomic E-state index is 0.711. The minimum Gasteiger partial charge on any atom is -0.380 e. The lowest BCUT2D eigenvalue weighted by Crippen LogP contribution is -2.31. The smallest absolute Gasteiger partial charge is 0.0593 e. The summed E-state index contributed by atoms with van der Waals surface area (Å²) in [5.74, 6) is 0.711. The predicted octanol–water partition coefficient (Wildman–Crippen LogP) is 2.00. The number of alkyl halides is 2. The second kappa shape index (κ2) is 10.0. The normalized spacial score (nSPS) is 11.0. The largest absolute Gasteiger partial charge is 0.380 e. The van der Waals surface area contributed by atoms with Crippen LogP contribution in [0.2, 0.25) is 0 Å². The van der Waals surface area contributed by atoms with Crippen LogP contribution in [0.25, 0.3) is 0 Å². The molecule has 2 nitrogen and oxygen atoms in total. The van der Waals surface area contributed by atoms with E-state index in [0.29, 0.717) is 5.88 Å². The SMILES string of the molecule is CCOCCN(CCCl)CCI. The van der Waals surface area contributed by atoms with Crippen molar-refractivity contribution >= 4 is 34.2 Å². The Labute approximate surface area is 93.7 Å². The predicted molar refractivity (Wildman–Crippen MR) is 62.5 cm³/mol. The first-order chi connectivity index (χ1) is 5.85. The molecule has 0 bridgehead atoms. The van der Waals surface area contributed by atoms with Crippen LogP contribution in [0.1, 0.15) is 6.92 Å². The van der Waals surface area contributed by atoms with Gasteiger partial charge < -0.3 is 4.74 Å². The average Bonchev–Trinajstić information content (AvgIpc) is 2.06. The monoisotopic (exact) mass is 305 g/mol. The molecule has 0 saturated heterocycles. The molecule has 0 aromatic rings. The van der Waals surface area contributed by atoms with E-state index in [0.717, 1.165) is 37.3 Å². The molecule has 12 heavy (non-hydrogen) atoms. The molecule has 0 spiro atoms. The Hall–Kier alpha value is 0.940. The van der Waals surface area contributed by atoms with Crippen LogP contribution in [-0.2, 0) is 4.74 Å². The Kier molecular flexibility index (Phi) is 10.8. The third-order valence-corrected chi connectivity index (χ3v) is 2.21. The van der Waals surface area contributed by atoms with E-state index in [9.17, 15) is 0 Å². The molecule has 74 valence electrons. The van der Waals surface area contributed by atoms with Crippen LogP contribution in [0.5, 0.6) is 0 Å². The van der Waals surface area contributed by atoms with Crippen molar-refractivity contribution in [2.24, 2.45) is 0 Å². The lowest BCUT2D eigenvalue weighted by molar-refractivity contribution is 0.118. The maximum atomic E-state index is 5.66. The summed E-state index contributed by atoms with van der Waals surface area (Å²) in [5.41, 5.74) is 0. The number of nitrogens with zero attached hydrogens (tertiary/aromatic N) is 1. The number of halogens is 2. The van der Waals surface area contributed by atoms with Gasteiger partial charge in [0.1, 0.15) is 0 Å². The molecule has 4 heteroatoms. The number of hydrogen-bond acceptors (Lipinski definition) is 2. The number of ether oxygens (including phenoxy) is 1. The van der Waals surface area contributed by atoms with Gasteiger partial charge in [0.25, 0.3) is 0 Å². The van der Waals surface area contributed by atoms with Gasteiger partial charge in [-0.25, -0.2) is 0 Å². The second-order valence-corrected chi connectivity index (χ2v) is 3.87. The molecule has 0 radical (unpaired) electrons. The van der Waals surface area contributed by atoms with Gasteiger partial charge >= 0.3 is 0 Å². The van der Waals surface area contributed by atoms with Crippen molar-refractivity contribution in [1.82, 2.24) is 4.90 Å². The molecule has 0 N–H and O–H groups in total. The van der Waals surface area contributed by atoms with Crippen LogP contribution in [-0.4, -0.2) is 48.1 Å². The Bertz CT molecular complexity index is 89.1. The fourth-order valence-electron chi connectivity index (χ4n) is 0.912. The summed E-state index contributed by atoms with van der Waals surface area (Å²) in [5, 5.41) is 0. The molecule has 0 unspecified atom stereocenters. The van der Waals surface area contributed by atoms with Crippen molar-refractivity contribution in [2.75, 3.05) is 43.2 Å². The van der Waals surface area contributed by atoms with Crippen LogP contribution in [0, 0.1) is 0 Å². The molecule has 0 saturated carbocycles. The highest BCUT2D eigenvalue weighted by molar-refractivity contribution is 14.1. The maximum absolute atomic E-state index is 5.66. The lowest BCUT2D eigenvalue weighted by Gasteiger charge is -2.19. The molecule has 0 aromatic carbocycles. The molecule has 0 aliphatic heterocycles. The van der Waals surface area contributed by atoms with Gasteiger partial charge in [0.15, 0.2) is 0 Å². The first-order valence-electron chi connectivity index (χ1n) is 4.27. The van der Waals surface area contributed by atoms with Crippen molar-refractivity contribution in [1.29, 1.82) is 0 Å². The van der Waals surface area contributed by atoms with Gasteiger partial charge in [0.2, 0.25) is 0 Å². The zero-order valence-corrected chi connectivity index (χ0v) is 10.5. The molecule has 0 atom stereocenters. The third-order valence-electron chi connectivity index (χ3n) is 1.56. The van der Waals surface area contributed by atoms with E-state index in [1.165, 1.54) is 0 Å². The van der Waals surface area contributed by atoms with E-state index in [1.807, 2.05) is 6.92 Å². The van der Waals surface area contributed by atoms with Gasteiger partial charge in [-0.05, 0) is 6.92 Å². The topological polar surface area (TPSA) is 12.5 Å². The molecule has 0 aliphatic carbocycles. The van der Waals surface area contributed by atoms with Gasteiger partial charge in [-0.2, -0.15) is 0 Å². The van der Waals surface area contributed by atoms with Crippen LogP contribution < -0.4 is 0 Å². The summed E-state index contributed by atoms with van der Waals surface area (Å²) in [4.78, 5) is 2.33. The standard InChI is InChI=1S/C8H17ClINO/c1-2-12-8-7-11(5-3-9)6-4-10/h2-8H2,1H3. The average molecular weight is 306 g/mol. The molecule has 0 aliphatic rings. The van der Waals surface area contributed by atoms with Crippen molar-refractivity contribution in [3.63, 3.8) is 0 Å². The summed E-state index contributed by atoms with van der Waals surface area (Å²) in [6.45, 7) is 6.73. The third kappa shape index (κ3) is 7.58. The molecule has 0 heterocycles. The molecule has 0 aromatic heterocycles. The van der Waals surface area contributed by atoms with Crippen LogP contribution in [0.3, 0.4) is 0 Å². The van der Waals surface area contributed by atoms with Crippen molar-refractivity contribution in [2.45, 2.75) is 6.92 Å². The Morgan fingerprint density at radius 3 is 2.58 bits per heavy atom. The Morgan fingerprint density at radius 2 is 2.08 bits per heavy atom. The van der Waals surface area contributed by atoms with E-state index < -0.39 is 0 Å². The molecule has 0 fully saturated rings. The highest BCUT2D eigenvalue weighted by Gasteiger charge is 2.01. The van der Waals surface area contributed by atoms with Gasteiger partial charge in [-0.15, -0.1) is 11.6 Å². The van der Waals surface area contributed by atoms with Crippen molar-refractivity contribution < 1.29 is 4.74 Å². The van der Waals surface area contributed by atoms with E-state index in [-0.39, 0.29) is 0 Å². The Balaban J connectivity index is 3.34. The second-order valence-electron chi connectivity index (χ2n) is 2.42. The van der Waals surface area contributed by atoms with Gasteiger partial charge in [0, 0.05) is 36.5 Å². The highest BCUT2D eigenvalue weighted by Crippen LogP contribution is 1.93. The van der Waals surface area contributed by atoms with Crippen LogP contribution in [0.4, 0.5) is 0 Å². The summed E-state index contributed by atoms with van der Waals surface area (Å²) in [7, 11) is 0. The number of rotatable bonds is 8. The van der Waals surface area contributed by atoms with E-state index in [1.54, 1.807) is 0 Å². The summed E-state index contributed by atoms with van der Waals surface area (Å²) in [6.07, 6.45) is 0. The first-order valence-corrected chi connectivity index (χ1v) is 6.33. The van der Waals surface area contributed by atoms with Crippen LogP contribution in [0.15, 0.2) is 0 Å². The van der Waals surface area contributed by atoms with Gasteiger partial charge in [-0.1, -0.05) is 22.6 Å². The maximum Gasteiger partial charge on any atom is 0.0593 e. The molecular weight excluding hydrogens is 288 g/mol.